The van der Waals surface area contributed by atoms with Crippen molar-refractivity contribution in [3.05, 3.63) is 101 Å². The number of halogens is 1. The van der Waals surface area contributed by atoms with Gasteiger partial charge in [-0.3, -0.25) is 4.40 Å². The van der Waals surface area contributed by atoms with E-state index in [4.69, 9.17) is 28.6 Å². The number of ether oxygens (including phenoxy) is 1. The standard InChI is InChI=1S/C30H26ClN3OS/c1-35-24-16-14-23(15-17-24)32-29(36)28-27(21-10-12-22(31)13-11-21)25-9-5-6-18-33-26(19-34(28)30(25)33)20-7-3-2-4-8-20/h2-4,7-8,10-17,19H,5-6,9,18H2,1H3,(H,32,36). The van der Waals surface area contributed by atoms with Crippen LogP contribution in [0.5, 0.6) is 5.75 Å². The highest BCUT2D eigenvalue weighted by Gasteiger charge is 2.28. The van der Waals surface area contributed by atoms with Crippen LogP contribution in [0.25, 0.3) is 28.0 Å². The molecule has 0 radical (unpaired) electrons. The maximum atomic E-state index is 6.26. The third kappa shape index (κ3) is 3.98. The highest BCUT2D eigenvalue weighted by Crippen LogP contribution is 2.40. The van der Waals surface area contributed by atoms with Gasteiger partial charge in [-0.25, -0.2) is 0 Å². The molecule has 0 atom stereocenters. The number of aryl methyl sites for hydroxylation is 2. The fourth-order valence-corrected chi connectivity index (χ4v) is 5.68. The van der Waals surface area contributed by atoms with Crippen LogP contribution in [-0.2, 0) is 13.0 Å². The van der Waals surface area contributed by atoms with Crippen LogP contribution >= 0.6 is 23.8 Å². The number of anilines is 1. The molecule has 0 saturated heterocycles. The first kappa shape index (κ1) is 22.9. The topological polar surface area (TPSA) is 30.6 Å². The maximum Gasteiger partial charge on any atom is 0.128 e. The Hall–Kier alpha value is -3.54. The Balaban J connectivity index is 1.57. The molecule has 180 valence electrons. The predicted octanol–water partition coefficient (Wildman–Crippen LogP) is 7.86. The van der Waals surface area contributed by atoms with Crippen LogP contribution in [-0.4, -0.2) is 21.1 Å². The van der Waals surface area contributed by atoms with Crippen LogP contribution in [0, 0.1) is 0 Å². The highest BCUT2D eigenvalue weighted by molar-refractivity contribution is 7.81. The summed E-state index contributed by atoms with van der Waals surface area (Å²) in [5.74, 6) is 0.812. The number of hydrogen-bond acceptors (Lipinski definition) is 2. The van der Waals surface area contributed by atoms with Crippen LogP contribution in [0.15, 0.2) is 85.1 Å². The average Bonchev–Trinajstić information content (AvgIpc) is 3.33. The molecule has 0 bridgehead atoms. The first-order valence-corrected chi connectivity index (χ1v) is 13.0. The zero-order valence-electron chi connectivity index (χ0n) is 20.0. The first-order chi connectivity index (χ1) is 17.6. The molecular weight excluding hydrogens is 486 g/mol. The van der Waals surface area contributed by atoms with E-state index in [2.05, 4.69) is 62.9 Å². The lowest BCUT2D eigenvalue weighted by Gasteiger charge is -2.13. The number of nitrogens with one attached hydrogen (secondary N) is 1. The van der Waals surface area contributed by atoms with E-state index in [1.807, 2.05) is 36.4 Å². The lowest BCUT2D eigenvalue weighted by molar-refractivity contribution is 0.415. The zero-order valence-corrected chi connectivity index (χ0v) is 21.6. The van der Waals surface area contributed by atoms with Gasteiger partial charge in [0.2, 0.25) is 0 Å². The molecule has 1 aliphatic heterocycles. The first-order valence-electron chi connectivity index (χ1n) is 12.2. The summed E-state index contributed by atoms with van der Waals surface area (Å²) in [6, 6.07) is 26.6. The summed E-state index contributed by atoms with van der Waals surface area (Å²) in [7, 11) is 1.67. The monoisotopic (exact) mass is 511 g/mol. The minimum Gasteiger partial charge on any atom is -0.497 e. The number of thiocarbonyl (C=S) groups is 1. The molecule has 6 heteroatoms. The van der Waals surface area contributed by atoms with Crippen LogP contribution in [0.1, 0.15) is 24.1 Å². The van der Waals surface area contributed by atoms with E-state index >= 15 is 0 Å². The molecule has 0 aliphatic carbocycles. The molecule has 4 nitrogen and oxygen atoms in total. The molecule has 2 aromatic heterocycles. The molecule has 0 fully saturated rings. The molecule has 6 rings (SSSR count). The van der Waals surface area contributed by atoms with Crippen LogP contribution in [0.4, 0.5) is 5.69 Å². The van der Waals surface area contributed by atoms with Gasteiger partial charge in [0.15, 0.2) is 0 Å². The smallest absolute Gasteiger partial charge is 0.128 e. The largest absolute Gasteiger partial charge is 0.497 e. The van der Waals surface area contributed by atoms with Crippen molar-refractivity contribution in [3.8, 4) is 28.1 Å². The Morgan fingerprint density at radius 3 is 2.39 bits per heavy atom. The van der Waals surface area contributed by atoms with Crippen molar-refractivity contribution in [1.82, 2.24) is 8.97 Å². The predicted molar refractivity (Wildman–Crippen MR) is 153 cm³/mol. The number of rotatable bonds is 5. The van der Waals surface area contributed by atoms with Gasteiger partial charge >= 0.3 is 0 Å². The van der Waals surface area contributed by atoms with Crippen molar-refractivity contribution in [2.45, 2.75) is 25.8 Å². The molecule has 0 saturated carbocycles. The minimum atomic E-state index is 0.684. The summed E-state index contributed by atoms with van der Waals surface area (Å²) in [6.07, 6.45) is 5.53. The average molecular weight is 512 g/mol. The van der Waals surface area contributed by atoms with E-state index in [1.165, 1.54) is 28.0 Å². The third-order valence-electron chi connectivity index (χ3n) is 6.90. The van der Waals surface area contributed by atoms with Gasteiger partial charge in [-0.1, -0.05) is 66.3 Å². The molecule has 1 aliphatic rings. The molecule has 3 aromatic carbocycles. The Kier molecular flexibility index (Phi) is 6.04. The molecule has 36 heavy (non-hydrogen) atoms. The van der Waals surface area contributed by atoms with Crippen molar-refractivity contribution >= 4 is 40.1 Å². The second-order valence-corrected chi connectivity index (χ2v) is 9.92. The van der Waals surface area contributed by atoms with Gasteiger partial charge in [0.25, 0.3) is 0 Å². The lowest BCUT2D eigenvalue weighted by Crippen LogP contribution is -2.14. The van der Waals surface area contributed by atoms with Gasteiger partial charge in [-0.2, -0.15) is 0 Å². The Morgan fingerprint density at radius 1 is 0.917 bits per heavy atom. The number of methoxy groups -OCH3 is 1. The molecule has 1 N–H and O–H groups in total. The molecule has 0 spiro atoms. The molecule has 3 heterocycles. The van der Waals surface area contributed by atoms with Gasteiger partial charge in [0, 0.05) is 34.6 Å². The number of aromatic nitrogens is 2. The number of nitrogens with zero attached hydrogens (tertiary/aromatic N) is 2. The van der Waals surface area contributed by atoms with Crippen molar-refractivity contribution in [1.29, 1.82) is 0 Å². The van der Waals surface area contributed by atoms with Gasteiger partial charge in [0.05, 0.1) is 18.5 Å². The quantitative estimate of drug-likeness (QED) is 0.244. The van der Waals surface area contributed by atoms with Crippen molar-refractivity contribution in [3.63, 3.8) is 0 Å². The number of imidazole rings is 1. The van der Waals surface area contributed by atoms with Crippen molar-refractivity contribution < 1.29 is 4.74 Å². The second kappa shape index (κ2) is 9.49. The van der Waals surface area contributed by atoms with Gasteiger partial charge < -0.3 is 14.6 Å². The summed E-state index contributed by atoms with van der Waals surface area (Å²) in [5.41, 5.74) is 9.23. The minimum absolute atomic E-state index is 0.684. The van der Waals surface area contributed by atoms with Gasteiger partial charge in [-0.05, 0) is 66.8 Å². The van der Waals surface area contributed by atoms with E-state index in [0.29, 0.717) is 4.99 Å². The van der Waals surface area contributed by atoms with Crippen LogP contribution in [0.3, 0.4) is 0 Å². The normalized spacial score (nSPS) is 12.9. The fourth-order valence-electron chi connectivity index (χ4n) is 5.24. The second-order valence-electron chi connectivity index (χ2n) is 9.07. The van der Waals surface area contributed by atoms with Gasteiger partial charge in [0.1, 0.15) is 16.4 Å². The van der Waals surface area contributed by atoms with Crippen LogP contribution in [0.2, 0.25) is 5.02 Å². The summed E-state index contributed by atoms with van der Waals surface area (Å²) in [4.78, 5) is 0.684. The Labute approximate surface area is 221 Å². The third-order valence-corrected chi connectivity index (χ3v) is 7.45. The number of benzene rings is 3. The zero-order chi connectivity index (χ0) is 24.6. The lowest BCUT2D eigenvalue weighted by atomic mass is 9.98. The number of hydrogen-bond donors (Lipinski definition) is 1. The summed E-state index contributed by atoms with van der Waals surface area (Å²) < 4.78 is 10.1. The molecule has 0 unspecified atom stereocenters. The fraction of sp³-hybridized carbons (Fsp3) is 0.167. The van der Waals surface area contributed by atoms with Crippen molar-refractivity contribution in [2.75, 3.05) is 12.4 Å². The van der Waals surface area contributed by atoms with E-state index in [1.54, 1.807) is 7.11 Å². The SMILES string of the molecule is COc1ccc(NC(=S)c2c(-c3ccc(Cl)cc3)c3c4n(c(-c5ccccc5)cn24)CCCC3)cc1. The molecular formula is C30H26ClN3OS. The van der Waals surface area contributed by atoms with Gasteiger partial charge in [-0.15, -0.1) is 0 Å². The highest BCUT2D eigenvalue weighted by atomic mass is 35.5. The van der Waals surface area contributed by atoms with E-state index < -0.39 is 0 Å². The molecule has 5 aromatic rings. The van der Waals surface area contributed by atoms with E-state index in [9.17, 15) is 0 Å². The van der Waals surface area contributed by atoms with E-state index in [0.717, 1.165) is 53.5 Å². The van der Waals surface area contributed by atoms with E-state index in [-0.39, 0.29) is 0 Å². The van der Waals surface area contributed by atoms with Crippen molar-refractivity contribution in [2.24, 2.45) is 0 Å². The Bertz CT molecular complexity index is 1550. The summed E-state index contributed by atoms with van der Waals surface area (Å²) >= 11 is 12.3. The Morgan fingerprint density at radius 2 is 1.67 bits per heavy atom. The summed E-state index contributed by atoms with van der Waals surface area (Å²) in [5, 5.41) is 4.21. The molecule has 0 amide bonds. The van der Waals surface area contributed by atoms with Crippen LogP contribution < -0.4 is 10.1 Å². The summed E-state index contributed by atoms with van der Waals surface area (Å²) in [6.45, 7) is 0.982. The maximum absolute atomic E-state index is 6.26.